The number of hydrogen-bond donors (Lipinski definition) is 3. The minimum atomic E-state index is -1.71. The van der Waals surface area contributed by atoms with E-state index in [0.29, 0.717) is 0 Å². The van der Waals surface area contributed by atoms with E-state index in [0.717, 1.165) is 17.8 Å². The third-order valence-electron chi connectivity index (χ3n) is 2.65. The number of amides is 1. The fraction of sp³-hybridized carbons (Fsp3) is 0.154. The van der Waals surface area contributed by atoms with Crippen LogP contribution in [0.5, 0.6) is 5.88 Å². The second-order valence-corrected chi connectivity index (χ2v) is 5.48. The van der Waals surface area contributed by atoms with Gasteiger partial charge in [0.2, 0.25) is 11.8 Å². The summed E-state index contributed by atoms with van der Waals surface area (Å²) < 4.78 is 52.8. The van der Waals surface area contributed by atoms with Crippen LogP contribution in [0.4, 0.5) is 23.2 Å². The van der Waals surface area contributed by atoms with Crippen LogP contribution in [0.1, 0.15) is 6.42 Å². The Morgan fingerprint density at radius 3 is 2.42 bits per heavy atom. The van der Waals surface area contributed by atoms with Crippen LogP contribution in [0.15, 0.2) is 22.1 Å². The molecule has 0 saturated heterocycles. The van der Waals surface area contributed by atoms with E-state index in [2.05, 4.69) is 9.97 Å². The third kappa shape index (κ3) is 4.25. The van der Waals surface area contributed by atoms with Gasteiger partial charge in [-0.3, -0.25) is 9.59 Å². The number of thioether (sulfide) groups is 1. The van der Waals surface area contributed by atoms with Crippen molar-refractivity contribution < 1.29 is 27.5 Å². The maximum atomic E-state index is 13.4. The number of halogens is 4. The second-order valence-electron chi connectivity index (χ2n) is 4.40. The van der Waals surface area contributed by atoms with Gasteiger partial charge in [-0.1, -0.05) is 11.8 Å². The molecule has 3 N–H and O–H groups in total. The SMILES string of the molecule is O=C(CCSc1nc(O)cc(=O)[nH]1)Nc1c(F)c(F)cc(F)c1F. The van der Waals surface area contributed by atoms with Crippen molar-refractivity contribution in [2.75, 3.05) is 11.1 Å². The maximum absolute atomic E-state index is 13.4. The number of anilines is 1. The maximum Gasteiger partial charge on any atom is 0.255 e. The van der Waals surface area contributed by atoms with Crippen LogP contribution < -0.4 is 10.9 Å². The van der Waals surface area contributed by atoms with Gasteiger partial charge < -0.3 is 15.4 Å². The Balaban J connectivity index is 1.98. The van der Waals surface area contributed by atoms with Gasteiger partial charge in [0, 0.05) is 18.2 Å². The number of H-pyrrole nitrogens is 1. The van der Waals surface area contributed by atoms with Gasteiger partial charge in [-0.25, -0.2) is 17.6 Å². The summed E-state index contributed by atoms with van der Waals surface area (Å²) in [5.41, 5.74) is -1.82. The summed E-state index contributed by atoms with van der Waals surface area (Å²) in [5.74, 6) is -8.11. The Bertz CT molecular complexity index is 818. The molecule has 0 aliphatic rings. The number of aromatic amines is 1. The van der Waals surface area contributed by atoms with Gasteiger partial charge in [0.05, 0.1) is 6.07 Å². The number of rotatable bonds is 5. The van der Waals surface area contributed by atoms with Crippen LogP contribution in [0.2, 0.25) is 0 Å². The molecule has 0 fully saturated rings. The highest BCUT2D eigenvalue weighted by atomic mass is 32.2. The van der Waals surface area contributed by atoms with Crippen LogP contribution in [0, 0.1) is 23.3 Å². The number of aromatic hydroxyl groups is 1. The number of nitrogens with zero attached hydrogens (tertiary/aromatic N) is 1. The van der Waals surface area contributed by atoms with Gasteiger partial charge in [0.25, 0.3) is 5.56 Å². The van der Waals surface area contributed by atoms with Crippen molar-refractivity contribution in [2.24, 2.45) is 0 Å². The van der Waals surface area contributed by atoms with E-state index in [1.807, 2.05) is 0 Å². The van der Waals surface area contributed by atoms with E-state index in [-0.39, 0.29) is 23.4 Å². The van der Waals surface area contributed by atoms with Crippen molar-refractivity contribution in [3.05, 3.63) is 45.8 Å². The summed E-state index contributed by atoms with van der Waals surface area (Å²) in [5, 5.41) is 10.9. The van der Waals surface area contributed by atoms with E-state index < -0.39 is 46.3 Å². The zero-order valence-corrected chi connectivity index (χ0v) is 12.5. The van der Waals surface area contributed by atoms with Crippen molar-refractivity contribution >= 4 is 23.4 Å². The molecule has 1 amide bonds. The Labute approximate surface area is 135 Å². The van der Waals surface area contributed by atoms with Gasteiger partial charge in [-0.2, -0.15) is 4.98 Å². The molecular weight excluding hydrogens is 354 g/mol. The zero-order valence-electron chi connectivity index (χ0n) is 11.7. The van der Waals surface area contributed by atoms with Crippen molar-refractivity contribution in [1.29, 1.82) is 0 Å². The summed E-state index contributed by atoms with van der Waals surface area (Å²) in [4.78, 5) is 28.6. The first kappa shape index (κ1) is 17.8. The van der Waals surface area contributed by atoms with E-state index in [1.54, 1.807) is 5.32 Å². The lowest BCUT2D eigenvalue weighted by atomic mass is 10.2. The summed E-state index contributed by atoms with van der Waals surface area (Å²) >= 11 is 0.879. The highest BCUT2D eigenvalue weighted by Crippen LogP contribution is 2.24. The second kappa shape index (κ2) is 7.34. The Morgan fingerprint density at radius 2 is 1.83 bits per heavy atom. The molecule has 0 unspecified atom stereocenters. The molecule has 0 bridgehead atoms. The van der Waals surface area contributed by atoms with Crippen LogP contribution in [-0.4, -0.2) is 26.7 Å². The van der Waals surface area contributed by atoms with Crippen molar-refractivity contribution in [3.63, 3.8) is 0 Å². The monoisotopic (exact) mass is 363 g/mol. The summed E-state index contributed by atoms with van der Waals surface area (Å²) in [6.07, 6.45) is -0.305. The molecule has 11 heteroatoms. The average molecular weight is 363 g/mol. The highest BCUT2D eigenvalue weighted by molar-refractivity contribution is 7.99. The molecular formula is C13H9F4N3O3S. The molecule has 2 aromatic rings. The van der Waals surface area contributed by atoms with Crippen molar-refractivity contribution in [2.45, 2.75) is 11.6 Å². The topological polar surface area (TPSA) is 95.1 Å². The van der Waals surface area contributed by atoms with E-state index in [1.165, 1.54) is 0 Å². The smallest absolute Gasteiger partial charge is 0.255 e. The van der Waals surface area contributed by atoms with Crippen LogP contribution >= 0.6 is 11.8 Å². The number of benzene rings is 1. The summed E-state index contributed by atoms with van der Waals surface area (Å²) in [7, 11) is 0. The lowest BCUT2D eigenvalue weighted by Crippen LogP contribution is -2.16. The van der Waals surface area contributed by atoms with Gasteiger partial charge >= 0.3 is 0 Å². The minimum absolute atomic E-state index is 0.0132. The fourth-order valence-electron chi connectivity index (χ4n) is 1.62. The summed E-state index contributed by atoms with van der Waals surface area (Å²) in [6, 6.07) is 0.876. The molecule has 1 aromatic heterocycles. The lowest BCUT2D eigenvalue weighted by molar-refractivity contribution is -0.115. The number of carbonyl (C=O) groups is 1. The largest absolute Gasteiger partial charge is 0.493 e. The number of aromatic nitrogens is 2. The molecule has 0 spiro atoms. The Hall–Kier alpha value is -2.56. The van der Waals surface area contributed by atoms with Crippen LogP contribution in [0.3, 0.4) is 0 Å². The molecule has 2 rings (SSSR count). The molecule has 1 aromatic carbocycles. The van der Waals surface area contributed by atoms with Gasteiger partial charge in [0.1, 0.15) is 5.69 Å². The first-order valence-electron chi connectivity index (χ1n) is 6.34. The van der Waals surface area contributed by atoms with Crippen LogP contribution in [-0.2, 0) is 4.79 Å². The van der Waals surface area contributed by atoms with Gasteiger partial charge in [-0.15, -0.1) is 0 Å². The number of carbonyl (C=O) groups excluding carboxylic acids is 1. The molecule has 1 heterocycles. The molecule has 0 aliphatic carbocycles. The number of nitrogens with one attached hydrogen (secondary N) is 2. The first-order valence-corrected chi connectivity index (χ1v) is 7.32. The molecule has 0 saturated carbocycles. The third-order valence-corrected chi connectivity index (χ3v) is 3.53. The lowest BCUT2D eigenvalue weighted by Gasteiger charge is -2.08. The molecule has 0 aliphatic heterocycles. The Kier molecular flexibility index (Phi) is 5.44. The molecule has 128 valence electrons. The normalized spacial score (nSPS) is 10.7. The quantitative estimate of drug-likeness (QED) is 0.328. The molecule has 0 radical (unpaired) electrons. The van der Waals surface area contributed by atoms with Gasteiger partial charge in [-0.05, 0) is 0 Å². The van der Waals surface area contributed by atoms with Crippen molar-refractivity contribution in [3.8, 4) is 5.88 Å². The van der Waals surface area contributed by atoms with E-state index in [4.69, 9.17) is 5.11 Å². The predicted octanol–water partition coefficient (Wildman–Crippen LogP) is 2.15. The zero-order chi connectivity index (χ0) is 17.9. The van der Waals surface area contributed by atoms with Crippen molar-refractivity contribution in [1.82, 2.24) is 9.97 Å². The predicted molar refractivity (Wildman–Crippen MR) is 76.8 cm³/mol. The van der Waals surface area contributed by atoms with Crippen LogP contribution in [0.25, 0.3) is 0 Å². The fourth-order valence-corrected chi connectivity index (χ4v) is 2.43. The van der Waals surface area contributed by atoms with E-state index in [9.17, 15) is 27.2 Å². The molecule has 6 nitrogen and oxygen atoms in total. The minimum Gasteiger partial charge on any atom is -0.493 e. The van der Waals surface area contributed by atoms with E-state index >= 15 is 0 Å². The average Bonchev–Trinajstić information content (AvgIpc) is 2.48. The molecule has 24 heavy (non-hydrogen) atoms. The summed E-state index contributed by atoms with van der Waals surface area (Å²) in [6.45, 7) is 0. The standard InChI is InChI=1S/C13H9F4N3O3S/c14-5-3-6(15)11(17)12(10(5)16)18-7(21)1-2-24-13-19-8(22)4-9(23)20-13/h3-4H,1-2H2,(H,18,21)(H2,19,20,22,23). The molecule has 0 atom stereocenters. The first-order chi connectivity index (χ1) is 11.3. The highest BCUT2D eigenvalue weighted by Gasteiger charge is 2.20. The number of hydrogen-bond acceptors (Lipinski definition) is 5. The Morgan fingerprint density at radius 1 is 1.21 bits per heavy atom. The van der Waals surface area contributed by atoms with Gasteiger partial charge in [0.15, 0.2) is 28.4 Å².